The zero-order valence-electron chi connectivity index (χ0n) is 15.0. The van der Waals surface area contributed by atoms with Crippen LogP contribution in [0, 0.1) is 6.92 Å². The quantitative estimate of drug-likeness (QED) is 0.740. The number of amides is 2. The molecule has 0 aliphatic rings. The fraction of sp³-hybridized carbons (Fsp3) is 0.211. The van der Waals surface area contributed by atoms with Crippen molar-refractivity contribution in [2.75, 3.05) is 31.3 Å². The summed E-state index contributed by atoms with van der Waals surface area (Å²) in [6.07, 6.45) is 1.72. The van der Waals surface area contributed by atoms with Crippen molar-refractivity contribution in [3.05, 3.63) is 60.0 Å². The summed E-state index contributed by atoms with van der Waals surface area (Å²) in [5, 5.41) is 5.62. The molecule has 0 atom stereocenters. The molecule has 0 aliphatic carbocycles. The van der Waals surface area contributed by atoms with E-state index in [-0.39, 0.29) is 11.8 Å². The highest BCUT2D eigenvalue weighted by Crippen LogP contribution is 2.15. The third-order valence-electron chi connectivity index (χ3n) is 3.81. The van der Waals surface area contributed by atoms with E-state index in [2.05, 4.69) is 15.6 Å². The molecule has 0 bridgehead atoms. The Hall–Kier alpha value is -3.19. The molecule has 3 rings (SSSR count). The van der Waals surface area contributed by atoms with Crippen LogP contribution in [-0.2, 0) is 4.79 Å². The van der Waals surface area contributed by atoms with E-state index in [0.29, 0.717) is 23.6 Å². The highest BCUT2D eigenvalue weighted by Gasteiger charge is 2.12. The number of imidazole rings is 1. The second-order valence-electron chi connectivity index (χ2n) is 6.34. The first-order valence-corrected chi connectivity index (χ1v) is 8.23. The van der Waals surface area contributed by atoms with E-state index in [4.69, 9.17) is 0 Å². The number of hydrogen-bond donors (Lipinski definition) is 2. The van der Waals surface area contributed by atoms with E-state index in [9.17, 15) is 9.59 Å². The first-order valence-electron chi connectivity index (χ1n) is 8.23. The number of hydrogen-bond acceptors (Lipinski definition) is 4. The highest BCUT2D eigenvalue weighted by atomic mass is 16.2. The van der Waals surface area contributed by atoms with E-state index in [1.807, 2.05) is 43.6 Å². The molecule has 7 nitrogen and oxygen atoms in total. The third kappa shape index (κ3) is 4.07. The Morgan fingerprint density at radius 2 is 1.69 bits per heavy atom. The van der Waals surface area contributed by atoms with Crippen LogP contribution in [0.25, 0.3) is 5.65 Å². The minimum Gasteiger partial charge on any atom is -0.325 e. The van der Waals surface area contributed by atoms with Crippen LogP contribution < -0.4 is 10.6 Å². The standard InChI is InChI=1S/C19H21N5O2/c1-13-5-4-6-17-22-16(11-24(13)17)19(26)21-15-9-7-14(8-10-15)20-18(25)12-23(2)3/h4-11H,12H2,1-3H3,(H,20,25)(H,21,26). The molecule has 0 saturated heterocycles. The minimum atomic E-state index is -0.280. The van der Waals surface area contributed by atoms with Gasteiger partial charge in [0.25, 0.3) is 5.91 Å². The molecule has 0 aliphatic heterocycles. The largest absolute Gasteiger partial charge is 0.325 e. The monoisotopic (exact) mass is 351 g/mol. The van der Waals surface area contributed by atoms with E-state index in [1.54, 1.807) is 35.4 Å². The third-order valence-corrected chi connectivity index (χ3v) is 3.81. The lowest BCUT2D eigenvalue weighted by atomic mass is 10.2. The molecule has 134 valence electrons. The number of aryl methyl sites for hydroxylation is 1. The van der Waals surface area contributed by atoms with Crippen LogP contribution in [0.15, 0.2) is 48.7 Å². The van der Waals surface area contributed by atoms with Gasteiger partial charge in [-0.3, -0.25) is 9.59 Å². The number of carbonyl (C=O) groups excluding carboxylic acids is 2. The second-order valence-corrected chi connectivity index (χ2v) is 6.34. The number of pyridine rings is 1. The van der Waals surface area contributed by atoms with E-state index >= 15 is 0 Å². The van der Waals surface area contributed by atoms with Gasteiger partial charge in [0.05, 0.1) is 6.54 Å². The summed E-state index contributed by atoms with van der Waals surface area (Å²) < 4.78 is 1.87. The fourth-order valence-electron chi connectivity index (χ4n) is 2.58. The first-order chi connectivity index (χ1) is 12.4. The van der Waals surface area contributed by atoms with Crippen molar-refractivity contribution < 1.29 is 9.59 Å². The van der Waals surface area contributed by atoms with Crippen LogP contribution in [0.4, 0.5) is 11.4 Å². The van der Waals surface area contributed by atoms with Gasteiger partial charge in [0.1, 0.15) is 11.3 Å². The minimum absolute atomic E-state index is 0.0909. The molecule has 0 radical (unpaired) electrons. The molecule has 2 heterocycles. The Kier molecular flexibility index (Phi) is 4.99. The van der Waals surface area contributed by atoms with Crippen molar-refractivity contribution in [1.82, 2.24) is 14.3 Å². The summed E-state index contributed by atoms with van der Waals surface area (Å²) in [5.41, 5.74) is 3.40. The first kappa shape index (κ1) is 17.6. The van der Waals surface area contributed by atoms with Crippen LogP contribution in [0.1, 0.15) is 16.2 Å². The summed E-state index contributed by atoms with van der Waals surface area (Å²) in [7, 11) is 3.66. The number of anilines is 2. The lowest BCUT2D eigenvalue weighted by Crippen LogP contribution is -2.27. The maximum Gasteiger partial charge on any atom is 0.275 e. The smallest absolute Gasteiger partial charge is 0.275 e. The van der Waals surface area contributed by atoms with Gasteiger partial charge in [-0.15, -0.1) is 0 Å². The zero-order valence-corrected chi connectivity index (χ0v) is 15.0. The van der Waals surface area contributed by atoms with Crippen LogP contribution >= 0.6 is 0 Å². The predicted octanol–water partition coefficient (Wildman–Crippen LogP) is 2.40. The van der Waals surface area contributed by atoms with E-state index in [1.165, 1.54) is 0 Å². The molecule has 0 unspecified atom stereocenters. The van der Waals surface area contributed by atoms with Gasteiger partial charge in [0, 0.05) is 23.3 Å². The number of likely N-dealkylation sites (N-methyl/N-ethyl adjacent to an activating group) is 1. The van der Waals surface area contributed by atoms with E-state index < -0.39 is 0 Å². The van der Waals surface area contributed by atoms with Gasteiger partial charge >= 0.3 is 0 Å². The van der Waals surface area contributed by atoms with Crippen molar-refractivity contribution >= 4 is 28.8 Å². The van der Waals surface area contributed by atoms with Crippen molar-refractivity contribution in [2.24, 2.45) is 0 Å². The molecule has 26 heavy (non-hydrogen) atoms. The van der Waals surface area contributed by atoms with Gasteiger partial charge in [-0.05, 0) is 57.4 Å². The number of aromatic nitrogens is 2. The molecular formula is C19H21N5O2. The van der Waals surface area contributed by atoms with Crippen LogP contribution in [0.2, 0.25) is 0 Å². The predicted molar refractivity (Wildman–Crippen MR) is 102 cm³/mol. The Bertz CT molecular complexity index is 944. The average molecular weight is 351 g/mol. The van der Waals surface area contributed by atoms with Crippen LogP contribution in [-0.4, -0.2) is 46.7 Å². The molecule has 0 fully saturated rings. The maximum absolute atomic E-state index is 12.4. The molecule has 2 N–H and O–H groups in total. The Labute approximate surface area is 151 Å². The molecular weight excluding hydrogens is 330 g/mol. The van der Waals surface area contributed by atoms with Crippen molar-refractivity contribution in [3.63, 3.8) is 0 Å². The number of nitrogens with one attached hydrogen (secondary N) is 2. The number of rotatable bonds is 5. The van der Waals surface area contributed by atoms with Gasteiger partial charge in [-0.25, -0.2) is 4.98 Å². The summed E-state index contributed by atoms with van der Waals surface area (Å²) in [4.78, 5) is 30.3. The maximum atomic E-state index is 12.4. The zero-order chi connectivity index (χ0) is 18.7. The van der Waals surface area contributed by atoms with Crippen molar-refractivity contribution in [2.45, 2.75) is 6.92 Å². The Balaban J connectivity index is 1.67. The lowest BCUT2D eigenvalue weighted by molar-refractivity contribution is -0.116. The summed E-state index contributed by atoms with van der Waals surface area (Å²) in [6.45, 7) is 2.27. The molecule has 1 aromatic carbocycles. The molecule has 0 spiro atoms. The molecule has 2 amide bonds. The number of carbonyl (C=O) groups is 2. The molecule has 7 heteroatoms. The van der Waals surface area contributed by atoms with Crippen molar-refractivity contribution in [3.8, 4) is 0 Å². The topological polar surface area (TPSA) is 78.7 Å². The van der Waals surface area contributed by atoms with Gasteiger partial charge in [0.15, 0.2) is 0 Å². The Morgan fingerprint density at radius 3 is 2.31 bits per heavy atom. The average Bonchev–Trinajstić information content (AvgIpc) is 3.02. The van der Waals surface area contributed by atoms with Gasteiger partial charge in [-0.1, -0.05) is 6.07 Å². The molecule has 2 aromatic heterocycles. The van der Waals surface area contributed by atoms with E-state index in [0.717, 1.165) is 11.3 Å². The molecule has 0 saturated carbocycles. The summed E-state index contributed by atoms with van der Waals surface area (Å²) >= 11 is 0. The van der Waals surface area contributed by atoms with Crippen LogP contribution in [0.5, 0.6) is 0 Å². The second kappa shape index (κ2) is 7.37. The van der Waals surface area contributed by atoms with Gasteiger partial charge in [-0.2, -0.15) is 0 Å². The summed E-state index contributed by atoms with van der Waals surface area (Å²) in [6, 6.07) is 12.7. The number of nitrogens with zero attached hydrogens (tertiary/aromatic N) is 3. The number of benzene rings is 1. The normalized spacial score (nSPS) is 10.9. The fourth-order valence-corrected chi connectivity index (χ4v) is 2.58. The van der Waals surface area contributed by atoms with Crippen LogP contribution in [0.3, 0.4) is 0 Å². The highest BCUT2D eigenvalue weighted by molar-refractivity contribution is 6.03. The van der Waals surface area contributed by atoms with Crippen molar-refractivity contribution in [1.29, 1.82) is 0 Å². The molecule has 3 aromatic rings. The SMILES string of the molecule is Cc1cccc2nc(C(=O)Nc3ccc(NC(=O)CN(C)C)cc3)cn12. The summed E-state index contributed by atoms with van der Waals surface area (Å²) in [5.74, 6) is -0.371. The van der Waals surface area contributed by atoms with Gasteiger partial charge < -0.3 is 19.9 Å². The lowest BCUT2D eigenvalue weighted by Gasteiger charge is -2.10. The van der Waals surface area contributed by atoms with Gasteiger partial charge in [0.2, 0.25) is 5.91 Å². The number of fused-ring (bicyclic) bond motifs is 1. The Morgan fingerprint density at radius 1 is 1.04 bits per heavy atom.